The number of hydrogen-bond donors (Lipinski definition) is 2. The second kappa shape index (κ2) is 5.87. The van der Waals surface area contributed by atoms with Gasteiger partial charge in [-0.05, 0) is 23.1 Å². The lowest BCUT2D eigenvalue weighted by Gasteiger charge is -2.14. The molecule has 3 heteroatoms. The lowest BCUT2D eigenvalue weighted by atomic mass is 9.97. The summed E-state index contributed by atoms with van der Waals surface area (Å²) in [7, 11) is 1.64. The van der Waals surface area contributed by atoms with Gasteiger partial charge in [0.25, 0.3) is 0 Å². The van der Waals surface area contributed by atoms with Crippen molar-refractivity contribution in [2.24, 2.45) is 5.73 Å². The van der Waals surface area contributed by atoms with Gasteiger partial charge in [0.1, 0.15) is 5.75 Å². The maximum atomic E-state index is 9.58. The van der Waals surface area contributed by atoms with Crippen molar-refractivity contribution < 1.29 is 9.84 Å². The summed E-state index contributed by atoms with van der Waals surface area (Å²) in [6.07, 6.45) is 0.0385. The van der Waals surface area contributed by atoms with E-state index >= 15 is 0 Å². The zero-order valence-corrected chi connectivity index (χ0v) is 10.2. The Hall–Kier alpha value is -1.06. The van der Waals surface area contributed by atoms with Crippen molar-refractivity contribution >= 4 is 0 Å². The highest BCUT2D eigenvalue weighted by Gasteiger charge is 2.10. The van der Waals surface area contributed by atoms with E-state index in [1.807, 2.05) is 6.07 Å². The van der Waals surface area contributed by atoms with Gasteiger partial charge in [-0.25, -0.2) is 0 Å². The van der Waals surface area contributed by atoms with E-state index in [1.54, 1.807) is 7.11 Å². The standard InChI is InChI=1S/C13H21NO2/c1-9(2)10-4-5-13(16-3)11(6-10)7-12(15)8-14/h4-6,9,12,15H,7-8,14H2,1-3H3. The number of rotatable bonds is 5. The fourth-order valence-corrected chi connectivity index (χ4v) is 1.65. The van der Waals surface area contributed by atoms with Crippen LogP contribution in [-0.2, 0) is 6.42 Å². The quantitative estimate of drug-likeness (QED) is 0.798. The molecule has 1 atom stereocenters. The van der Waals surface area contributed by atoms with Crippen LogP contribution in [0.25, 0.3) is 0 Å². The van der Waals surface area contributed by atoms with Crippen LogP contribution in [0.3, 0.4) is 0 Å². The average Bonchev–Trinajstić information content (AvgIpc) is 2.28. The van der Waals surface area contributed by atoms with E-state index in [-0.39, 0.29) is 6.54 Å². The number of nitrogens with two attached hydrogens (primary N) is 1. The molecule has 1 aromatic rings. The van der Waals surface area contributed by atoms with E-state index in [2.05, 4.69) is 26.0 Å². The minimum absolute atomic E-state index is 0.273. The van der Waals surface area contributed by atoms with Gasteiger partial charge in [-0.3, -0.25) is 0 Å². The summed E-state index contributed by atoms with van der Waals surface area (Å²) in [6.45, 7) is 4.56. The molecule has 1 unspecified atom stereocenters. The monoisotopic (exact) mass is 223 g/mol. The lowest BCUT2D eigenvalue weighted by Crippen LogP contribution is -2.22. The third-order valence-corrected chi connectivity index (χ3v) is 2.70. The molecule has 0 fully saturated rings. The zero-order valence-electron chi connectivity index (χ0n) is 10.2. The SMILES string of the molecule is COc1ccc(C(C)C)cc1CC(O)CN. The van der Waals surface area contributed by atoms with Crippen molar-refractivity contribution in [1.82, 2.24) is 0 Å². The Morgan fingerprint density at radius 1 is 1.38 bits per heavy atom. The van der Waals surface area contributed by atoms with Gasteiger partial charge in [0, 0.05) is 13.0 Å². The zero-order chi connectivity index (χ0) is 12.1. The van der Waals surface area contributed by atoms with Crippen molar-refractivity contribution in [3.63, 3.8) is 0 Å². The Morgan fingerprint density at radius 2 is 2.06 bits per heavy atom. The highest BCUT2D eigenvalue weighted by molar-refractivity contribution is 5.38. The Labute approximate surface area is 97.2 Å². The molecule has 0 heterocycles. The molecule has 0 spiro atoms. The Morgan fingerprint density at radius 3 is 2.56 bits per heavy atom. The highest BCUT2D eigenvalue weighted by Crippen LogP contribution is 2.25. The molecule has 0 radical (unpaired) electrons. The number of ether oxygens (including phenoxy) is 1. The van der Waals surface area contributed by atoms with Crippen molar-refractivity contribution in [2.45, 2.75) is 32.3 Å². The molecule has 90 valence electrons. The summed E-state index contributed by atoms with van der Waals surface area (Å²) >= 11 is 0. The van der Waals surface area contributed by atoms with Gasteiger partial charge in [0.2, 0.25) is 0 Å². The fourth-order valence-electron chi connectivity index (χ4n) is 1.65. The minimum atomic E-state index is -0.503. The molecule has 16 heavy (non-hydrogen) atoms. The van der Waals surface area contributed by atoms with Crippen molar-refractivity contribution in [3.8, 4) is 5.75 Å². The Balaban J connectivity index is 2.97. The van der Waals surface area contributed by atoms with Gasteiger partial charge in [-0.1, -0.05) is 26.0 Å². The third-order valence-electron chi connectivity index (χ3n) is 2.70. The summed E-state index contributed by atoms with van der Waals surface area (Å²) < 4.78 is 5.27. The molecule has 0 amide bonds. The Bertz CT molecular complexity index is 337. The van der Waals surface area contributed by atoms with E-state index in [0.717, 1.165) is 11.3 Å². The molecule has 0 saturated carbocycles. The summed E-state index contributed by atoms with van der Waals surface area (Å²) in [4.78, 5) is 0. The predicted octanol–water partition coefficient (Wildman–Crippen LogP) is 1.68. The van der Waals surface area contributed by atoms with Gasteiger partial charge in [0.05, 0.1) is 13.2 Å². The maximum Gasteiger partial charge on any atom is 0.122 e. The van der Waals surface area contributed by atoms with Gasteiger partial charge < -0.3 is 15.6 Å². The molecule has 3 nitrogen and oxygen atoms in total. The molecular weight excluding hydrogens is 202 g/mol. The highest BCUT2D eigenvalue weighted by atomic mass is 16.5. The number of aliphatic hydroxyl groups excluding tert-OH is 1. The van der Waals surface area contributed by atoms with Crippen LogP contribution in [0, 0.1) is 0 Å². The molecule has 0 saturated heterocycles. The summed E-state index contributed by atoms with van der Waals surface area (Å²) in [5.41, 5.74) is 7.69. The van der Waals surface area contributed by atoms with Crippen LogP contribution in [0.15, 0.2) is 18.2 Å². The molecule has 0 aliphatic heterocycles. The van der Waals surface area contributed by atoms with Crippen molar-refractivity contribution in [1.29, 1.82) is 0 Å². The third kappa shape index (κ3) is 3.22. The molecular formula is C13H21NO2. The topological polar surface area (TPSA) is 55.5 Å². The first-order chi connectivity index (χ1) is 7.58. The summed E-state index contributed by atoms with van der Waals surface area (Å²) in [5.74, 6) is 1.29. The maximum absolute atomic E-state index is 9.58. The largest absolute Gasteiger partial charge is 0.496 e. The second-order valence-electron chi connectivity index (χ2n) is 4.32. The van der Waals surface area contributed by atoms with Gasteiger partial charge in [-0.2, -0.15) is 0 Å². The van der Waals surface area contributed by atoms with Crippen molar-refractivity contribution in [3.05, 3.63) is 29.3 Å². The van der Waals surface area contributed by atoms with Crippen LogP contribution < -0.4 is 10.5 Å². The van der Waals surface area contributed by atoms with Crippen LogP contribution in [0.1, 0.15) is 30.9 Å². The van der Waals surface area contributed by atoms with Gasteiger partial charge in [0.15, 0.2) is 0 Å². The average molecular weight is 223 g/mol. The van der Waals surface area contributed by atoms with E-state index in [0.29, 0.717) is 12.3 Å². The fraction of sp³-hybridized carbons (Fsp3) is 0.538. The lowest BCUT2D eigenvalue weighted by molar-refractivity contribution is 0.182. The van der Waals surface area contributed by atoms with Crippen LogP contribution in [0.5, 0.6) is 5.75 Å². The van der Waals surface area contributed by atoms with Gasteiger partial charge >= 0.3 is 0 Å². The van der Waals surface area contributed by atoms with Crippen LogP contribution in [0.2, 0.25) is 0 Å². The summed E-state index contributed by atoms with van der Waals surface area (Å²) in [6, 6.07) is 6.10. The predicted molar refractivity (Wildman–Crippen MR) is 65.8 cm³/mol. The molecule has 0 aliphatic rings. The molecule has 3 N–H and O–H groups in total. The summed E-state index contributed by atoms with van der Waals surface area (Å²) in [5, 5.41) is 9.58. The number of hydrogen-bond acceptors (Lipinski definition) is 3. The van der Waals surface area contributed by atoms with Crippen LogP contribution in [-0.4, -0.2) is 24.9 Å². The number of methoxy groups -OCH3 is 1. The van der Waals surface area contributed by atoms with E-state index in [1.165, 1.54) is 5.56 Å². The van der Waals surface area contributed by atoms with E-state index in [9.17, 15) is 5.11 Å². The molecule has 0 aromatic heterocycles. The molecule has 1 aromatic carbocycles. The normalized spacial score (nSPS) is 12.9. The van der Waals surface area contributed by atoms with E-state index < -0.39 is 6.10 Å². The molecule has 1 rings (SSSR count). The van der Waals surface area contributed by atoms with Crippen molar-refractivity contribution in [2.75, 3.05) is 13.7 Å². The molecule has 0 aliphatic carbocycles. The minimum Gasteiger partial charge on any atom is -0.496 e. The molecule has 0 bridgehead atoms. The number of benzene rings is 1. The van der Waals surface area contributed by atoms with Gasteiger partial charge in [-0.15, -0.1) is 0 Å². The first-order valence-corrected chi connectivity index (χ1v) is 5.63. The second-order valence-corrected chi connectivity index (χ2v) is 4.32. The first-order valence-electron chi connectivity index (χ1n) is 5.63. The smallest absolute Gasteiger partial charge is 0.122 e. The first kappa shape index (κ1) is 13.0. The van der Waals surface area contributed by atoms with Crippen LogP contribution in [0.4, 0.5) is 0 Å². The van der Waals surface area contributed by atoms with E-state index in [4.69, 9.17) is 10.5 Å². The van der Waals surface area contributed by atoms with Crippen LogP contribution >= 0.6 is 0 Å². The number of aliphatic hydroxyl groups is 1. The Kier molecular flexibility index (Phi) is 4.77.